The lowest BCUT2D eigenvalue weighted by Gasteiger charge is -2.10. The first-order chi connectivity index (χ1) is 10.5. The second-order valence-electron chi connectivity index (χ2n) is 4.97. The lowest BCUT2D eigenvalue weighted by molar-refractivity contribution is 0.450. The Morgan fingerprint density at radius 3 is 2.32 bits per heavy atom. The lowest BCUT2D eigenvalue weighted by atomic mass is 10.0. The van der Waals surface area contributed by atoms with Gasteiger partial charge in [0.2, 0.25) is 5.43 Å². The standard InChI is InChI=1S/C17H14O5/c1-2-13-15(9-3-5-10(18)6-4-9)17(21)16-12(20)7-11(19)8-14(16)22-13/h3-8,18-20H,2H2,1H3. The normalized spacial score (nSPS) is 11.0. The summed E-state index contributed by atoms with van der Waals surface area (Å²) in [5, 5.41) is 28.9. The van der Waals surface area contributed by atoms with E-state index in [4.69, 9.17) is 4.42 Å². The number of benzene rings is 2. The van der Waals surface area contributed by atoms with Crippen LogP contribution in [0, 0.1) is 0 Å². The summed E-state index contributed by atoms with van der Waals surface area (Å²) in [6, 6.07) is 8.60. The third kappa shape index (κ3) is 2.16. The molecular formula is C17H14O5. The van der Waals surface area contributed by atoms with Gasteiger partial charge >= 0.3 is 0 Å². The number of fused-ring (bicyclic) bond motifs is 1. The number of aromatic hydroxyl groups is 3. The highest BCUT2D eigenvalue weighted by Gasteiger charge is 2.18. The van der Waals surface area contributed by atoms with Crippen LogP contribution in [-0.2, 0) is 6.42 Å². The van der Waals surface area contributed by atoms with Crippen LogP contribution in [0.4, 0.5) is 0 Å². The van der Waals surface area contributed by atoms with E-state index < -0.39 is 0 Å². The maximum Gasteiger partial charge on any atom is 0.204 e. The molecule has 0 saturated heterocycles. The molecule has 0 aliphatic rings. The fourth-order valence-electron chi connectivity index (χ4n) is 2.50. The second kappa shape index (κ2) is 5.11. The third-order valence-corrected chi connectivity index (χ3v) is 3.51. The van der Waals surface area contributed by atoms with Crippen molar-refractivity contribution in [2.24, 2.45) is 0 Å². The molecule has 0 bridgehead atoms. The molecule has 22 heavy (non-hydrogen) atoms. The highest BCUT2D eigenvalue weighted by atomic mass is 16.3. The van der Waals surface area contributed by atoms with Gasteiger partial charge in [-0.05, 0) is 17.7 Å². The smallest absolute Gasteiger partial charge is 0.204 e. The van der Waals surface area contributed by atoms with Crippen molar-refractivity contribution in [3.8, 4) is 28.4 Å². The average molecular weight is 298 g/mol. The first-order valence-electron chi connectivity index (χ1n) is 6.82. The summed E-state index contributed by atoms with van der Waals surface area (Å²) < 4.78 is 5.69. The highest BCUT2D eigenvalue weighted by molar-refractivity contribution is 5.88. The van der Waals surface area contributed by atoms with Gasteiger partial charge in [-0.25, -0.2) is 0 Å². The van der Waals surface area contributed by atoms with Crippen molar-refractivity contribution in [2.45, 2.75) is 13.3 Å². The molecule has 5 nitrogen and oxygen atoms in total. The van der Waals surface area contributed by atoms with Crippen molar-refractivity contribution in [1.82, 2.24) is 0 Å². The molecule has 3 N–H and O–H groups in total. The molecule has 0 atom stereocenters. The molecule has 3 rings (SSSR count). The summed E-state index contributed by atoms with van der Waals surface area (Å²) in [4.78, 5) is 12.8. The van der Waals surface area contributed by atoms with Gasteiger partial charge in [-0.15, -0.1) is 0 Å². The van der Waals surface area contributed by atoms with Crippen LogP contribution in [0.2, 0.25) is 0 Å². The van der Waals surface area contributed by atoms with Crippen LogP contribution in [0.3, 0.4) is 0 Å². The summed E-state index contributed by atoms with van der Waals surface area (Å²) in [5.41, 5.74) is 0.705. The Bertz CT molecular complexity index is 907. The van der Waals surface area contributed by atoms with Crippen molar-refractivity contribution in [3.05, 3.63) is 52.4 Å². The van der Waals surface area contributed by atoms with Crippen LogP contribution in [0.15, 0.2) is 45.6 Å². The maximum absolute atomic E-state index is 12.8. The Labute approximate surface area is 125 Å². The molecule has 112 valence electrons. The van der Waals surface area contributed by atoms with Gasteiger partial charge in [-0.1, -0.05) is 19.1 Å². The Morgan fingerprint density at radius 1 is 1.00 bits per heavy atom. The zero-order valence-electron chi connectivity index (χ0n) is 11.8. The number of rotatable bonds is 2. The summed E-state index contributed by atoms with van der Waals surface area (Å²) in [7, 11) is 0. The molecule has 0 unspecified atom stereocenters. The largest absolute Gasteiger partial charge is 0.508 e. The zero-order chi connectivity index (χ0) is 15.9. The van der Waals surface area contributed by atoms with E-state index in [1.165, 1.54) is 18.2 Å². The van der Waals surface area contributed by atoms with Gasteiger partial charge in [-0.2, -0.15) is 0 Å². The summed E-state index contributed by atoms with van der Waals surface area (Å²) >= 11 is 0. The quantitative estimate of drug-likeness (QED) is 0.676. The lowest BCUT2D eigenvalue weighted by Crippen LogP contribution is -2.09. The molecule has 0 aliphatic heterocycles. The van der Waals surface area contributed by atoms with E-state index in [9.17, 15) is 20.1 Å². The SMILES string of the molecule is CCc1oc2cc(O)cc(O)c2c(=O)c1-c1ccc(O)cc1. The number of phenolic OH excluding ortho intramolecular Hbond substituents is 3. The molecule has 0 saturated carbocycles. The Balaban J connectivity index is 2.41. The van der Waals surface area contributed by atoms with Crippen LogP contribution in [0.1, 0.15) is 12.7 Å². The molecule has 1 heterocycles. The fraction of sp³-hybridized carbons (Fsp3) is 0.118. The molecule has 1 aromatic heterocycles. The van der Waals surface area contributed by atoms with Crippen molar-refractivity contribution < 1.29 is 19.7 Å². The van der Waals surface area contributed by atoms with Crippen LogP contribution < -0.4 is 5.43 Å². The highest BCUT2D eigenvalue weighted by Crippen LogP contribution is 2.32. The number of hydrogen-bond acceptors (Lipinski definition) is 5. The van der Waals surface area contributed by atoms with E-state index in [0.29, 0.717) is 23.3 Å². The first-order valence-corrected chi connectivity index (χ1v) is 6.82. The van der Waals surface area contributed by atoms with Gasteiger partial charge in [0.1, 0.15) is 34.0 Å². The number of aryl methyl sites for hydroxylation is 1. The fourth-order valence-corrected chi connectivity index (χ4v) is 2.50. The van der Waals surface area contributed by atoms with Crippen molar-refractivity contribution in [1.29, 1.82) is 0 Å². The van der Waals surface area contributed by atoms with E-state index >= 15 is 0 Å². The monoisotopic (exact) mass is 298 g/mol. The van der Waals surface area contributed by atoms with Crippen molar-refractivity contribution in [2.75, 3.05) is 0 Å². The molecule has 0 radical (unpaired) electrons. The number of hydrogen-bond donors (Lipinski definition) is 3. The van der Waals surface area contributed by atoms with E-state index in [2.05, 4.69) is 0 Å². The second-order valence-corrected chi connectivity index (χ2v) is 4.97. The average Bonchev–Trinajstić information content (AvgIpc) is 2.47. The molecule has 0 aliphatic carbocycles. The molecule has 0 spiro atoms. The molecule has 5 heteroatoms. The summed E-state index contributed by atoms with van der Waals surface area (Å²) in [5.74, 6) is 0.0481. The van der Waals surface area contributed by atoms with E-state index in [1.54, 1.807) is 12.1 Å². The Kier molecular flexibility index (Phi) is 3.25. The Hall–Kier alpha value is -2.95. The van der Waals surface area contributed by atoms with E-state index in [1.807, 2.05) is 6.92 Å². The molecule has 0 fully saturated rings. The molecule has 2 aromatic carbocycles. The zero-order valence-corrected chi connectivity index (χ0v) is 11.8. The maximum atomic E-state index is 12.8. The summed E-state index contributed by atoms with van der Waals surface area (Å²) in [6.07, 6.45) is 0.470. The minimum atomic E-state index is -0.374. The van der Waals surface area contributed by atoms with Gasteiger partial charge in [0.05, 0.1) is 5.56 Å². The van der Waals surface area contributed by atoms with Crippen LogP contribution in [0.5, 0.6) is 17.2 Å². The van der Waals surface area contributed by atoms with E-state index in [-0.39, 0.29) is 33.6 Å². The van der Waals surface area contributed by atoms with Gasteiger partial charge in [0.15, 0.2) is 0 Å². The van der Waals surface area contributed by atoms with Crippen LogP contribution in [0.25, 0.3) is 22.1 Å². The molecule has 0 amide bonds. The minimum absolute atomic E-state index is 0.0260. The van der Waals surface area contributed by atoms with E-state index in [0.717, 1.165) is 6.07 Å². The van der Waals surface area contributed by atoms with Crippen LogP contribution >= 0.6 is 0 Å². The van der Waals surface area contributed by atoms with Gasteiger partial charge in [0.25, 0.3) is 0 Å². The summed E-state index contributed by atoms with van der Waals surface area (Å²) in [6.45, 7) is 1.84. The predicted molar refractivity (Wildman–Crippen MR) is 82.3 cm³/mol. The topological polar surface area (TPSA) is 90.9 Å². The minimum Gasteiger partial charge on any atom is -0.508 e. The van der Waals surface area contributed by atoms with Crippen molar-refractivity contribution in [3.63, 3.8) is 0 Å². The van der Waals surface area contributed by atoms with Crippen LogP contribution in [-0.4, -0.2) is 15.3 Å². The molecule has 3 aromatic rings. The van der Waals surface area contributed by atoms with Gasteiger partial charge in [-0.3, -0.25) is 4.79 Å². The van der Waals surface area contributed by atoms with Crippen molar-refractivity contribution >= 4 is 11.0 Å². The van der Waals surface area contributed by atoms with Gasteiger partial charge in [0, 0.05) is 18.6 Å². The predicted octanol–water partition coefficient (Wildman–Crippen LogP) is 3.14. The third-order valence-electron chi connectivity index (χ3n) is 3.51. The van der Waals surface area contributed by atoms with Gasteiger partial charge < -0.3 is 19.7 Å². The molecular weight excluding hydrogens is 284 g/mol. The Morgan fingerprint density at radius 2 is 1.68 bits per heavy atom. The first kappa shape index (κ1) is 14.0. The number of phenols is 3.